The summed E-state index contributed by atoms with van der Waals surface area (Å²) in [6.45, 7) is 0.790. The number of hydrogen-bond donors (Lipinski definition) is 3. The standard InChI is InChI=1S/C21H26N6/c22-19-25-20(23)27(21(26-19)13-5-2-6-14-21)18-11-9-17(10-12-18)24-15-16-7-3-1-4-8-16/h1,3-4,7-12,24H,2,5-6,13-15H2,(H4,22,23,25,26). The van der Waals surface area contributed by atoms with Gasteiger partial charge in [0.05, 0.1) is 0 Å². The largest absolute Gasteiger partial charge is 0.381 e. The molecule has 2 aliphatic rings. The summed E-state index contributed by atoms with van der Waals surface area (Å²) in [6.07, 6.45) is 5.36. The monoisotopic (exact) mass is 362 g/mol. The number of aliphatic imine (C=N–C) groups is 2. The molecule has 1 heterocycles. The predicted molar refractivity (Wildman–Crippen MR) is 112 cm³/mol. The minimum absolute atomic E-state index is 0.284. The molecular weight excluding hydrogens is 336 g/mol. The summed E-state index contributed by atoms with van der Waals surface area (Å²) in [5.74, 6) is 0.709. The fourth-order valence-electron chi connectivity index (χ4n) is 4.02. The SMILES string of the molecule is NC1=NC2(CCCCC2)N(c2ccc(NCc3ccccc3)cc2)C(N)=N1. The van der Waals surface area contributed by atoms with Gasteiger partial charge in [0.15, 0.2) is 0 Å². The molecule has 5 N–H and O–H groups in total. The summed E-state index contributed by atoms with van der Waals surface area (Å²) in [4.78, 5) is 11.0. The van der Waals surface area contributed by atoms with Gasteiger partial charge >= 0.3 is 0 Å². The number of rotatable bonds is 4. The van der Waals surface area contributed by atoms with Crippen molar-refractivity contribution in [1.82, 2.24) is 0 Å². The van der Waals surface area contributed by atoms with Crippen molar-refractivity contribution in [1.29, 1.82) is 0 Å². The summed E-state index contributed by atoms with van der Waals surface area (Å²) >= 11 is 0. The molecule has 2 aromatic rings. The van der Waals surface area contributed by atoms with E-state index in [2.05, 4.69) is 63.7 Å². The van der Waals surface area contributed by atoms with Gasteiger partial charge in [0, 0.05) is 17.9 Å². The normalized spacial score (nSPS) is 18.7. The molecule has 0 saturated heterocycles. The highest BCUT2D eigenvalue weighted by Crippen LogP contribution is 2.39. The van der Waals surface area contributed by atoms with Gasteiger partial charge in [-0.3, -0.25) is 4.90 Å². The minimum Gasteiger partial charge on any atom is -0.381 e. The highest BCUT2D eigenvalue weighted by atomic mass is 15.4. The lowest BCUT2D eigenvalue weighted by molar-refractivity contribution is 0.305. The Morgan fingerprint density at radius 3 is 2.33 bits per heavy atom. The fraction of sp³-hybridized carbons (Fsp3) is 0.333. The molecule has 0 bridgehead atoms. The first kappa shape index (κ1) is 17.4. The zero-order chi connectivity index (χ0) is 18.7. The van der Waals surface area contributed by atoms with Crippen molar-refractivity contribution < 1.29 is 0 Å². The Labute approximate surface area is 160 Å². The molecule has 0 amide bonds. The third-order valence-electron chi connectivity index (χ3n) is 5.32. The topological polar surface area (TPSA) is 92.0 Å². The van der Waals surface area contributed by atoms with Crippen LogP contribution >= 0.6 is 0 Å². The van der Waals surface area contributed by atoms with E-state index in [9.17, 15) is 0 Å². The summed E-state index contributed by atoms with van der Waals surface area (Å²) in [6, 6.07) is 18.6. The Bertz CT molecular complexity index is 835. The Balaban J connectivity index is 1.54. The van der Waals surface area contributed by atoms with E-state index in [0.29, 0.717) is 5.96 Å². The minimum atomic E-state index is -0.396. The molecule has 140 valence electrons. The molecule has 0 aromatic heterocycles. The third-order valence-corrected chi connectivity index (χ3v) is 5.32. The van der Waals surface area contributed by atoms with Gasteiger partial charge in [0.25, 0.3) is 0 Å². The Hall–Kier alpha value is -3.02. The molecule has 0 unspecified atom stereocenters. The van der Waals surface area contributed by atoms with E-state index in [4.69, 9.17) is 16.5 Å². The van der Waals surface area contributed by atoms with Crippen LogP contribution in [-0.2, 0) is 6.54 Å². The molecule has 2 aromatic carbocycles. The summed E-state index contributed by atoms with van der Waals surface area (Å²) in [5, 5.41) is 3.45. The van der Waals surface area contributed by atoms with Gasteiger partial charge in [-0.05, 0) is 55.5 Å². The van der Waals surface area contributed by atoms with Crippen molar-refractivity contribution in [3.63, 3.8) is 0 Å². The van der Waals surface area contributed by atoms with Crippen LogP contribution in [0, 0.1) is 0 Å². The van der Waals surface area contributed by atoms with E-state index in [0.717, 1.165) is 43.6 Å². The second-order valence-corrected chi connectivity index (χ2v) is 7.20. The average Bonchev–Trinajstić information content (AvgIpc) is 2.68. The lowest BCUT2D eigenvalue weighted by Crippen LogP contribution is -2.58. The highest BCUT2D eigenvalue weighted by Gasteiger charge is 2.42. The van der Waals surface area contributed by atoms with Crippen LogP contribution in [0.25, 0.3) is 0 Å². The van der Waals surface area contributed by atoms with Gasteiger partial charge in [0.2, 0.25) is 11.9 Å². The first-order valence-electron chi connectivity index (χ1n) is 9.54. The van der Waals surface area contributed by atoms with Gasteiger partial charge in [-0.1, -0.05) is 36.8 Å². The van der Waals surface area contributed by atoms with Gasteiger partial charge < -0.3 is 16.8 Å². The maximum atomic E-state index is 6.28. The van der Waals surface area contributed by atoms with Crippen LogP contribution in [0.1, 0.15) is 37.7 Å². The van der Waals surface area contributed by atoms with Crippen LogP contribution in [0.5, 0.6) is 0 Å². The summed E-state index contributed by atoms with van der Waals surface area (Å²) in [7, 11) is 0. The van der Waals surface area contributed by atoms with Crippen LogP contribution < -0.4 is 21.7 Å². The van der Waals surface area contributed by atoms with Gasteiger partial charge in [0.1, 0.15) is 5.66 Å². The molecule has 6 nitrogen and oxygen atoms in total. The third kappa shape index (κ3) is 3.60. The number of anilines is 2. The molecular formula is C21H26N6. The molecule has 0 atom stereocenters. The van der Waals surface area contributed by atoms with Crippen LogP contribution in [0.4, 0.5) is 11.4 Å². The van der Waals surface area contributed by atoms with E-state index in [1.807, 2.05) is 6.07 Å². The Kier molecular flexibility index (Phi) is 4.71. The van der Waals surface area contributed by atoms with Crippen LogP contribution in [-0.4, -0.2) is 17.6 Å². The van der Waals surface area contributed by atoms with Crippen molar-refractivity contribution in [2.75, 3.05) is 10.2 Å². The molecule has 1 saturated carbocycles. The van der Waals surface area contributed by atoms with Crippen LogP contribution in [0.3, 0.4) is 0 Å². The lowest BCUT2D eigenvalue weighted by Gasteiger charge is -2.45. The first-order valence-corrected chi connectivity index (χ1v) is 9.54. The van der Waals surface area contributed by atoms with Crippen LogP contribution in [0.15, 0.2) is 64.6 Å². The van der Waals surface area contributed by atoms with Gasteiger partial charge in [-0.25, -0.2) is 4.99 Å². The Morgan fingerprint density at radius 2 is 1.63 bits per heavy atom. The van der Waals surface area contributed by atoms with E-state index in [-0.39, 0.29) is 5.96 Å². The number of nitrogens with zero attached hydrogens (tertiary/aromatic N) is 3. The van der Waals surface area contributed by atoms with E-state index in [1.165, 1.54) is 12.0 Å². The molecule has 6 heteroatoms. The molecule has 1 spiro atoms. The number of nitrogens with two attached hydrogens (primary N) is 2. The number of benzene rings is 2. The Morgan fingerprint density at radius 1 is 0.926 bits per heavy atom. The zero-order valence-electron chi connectivity index (χ0n) is 15.4. The van der Waals surface area contributed by atoms with E-state index >= 15 is 0 Å². The average molecular weight is 362 g/mol. The van der Waals surface area contributed by atoms with Crippen molar-refractivity contribution in [3.05, 3.63) is 60.2 Å². The maximum absolute atomic E-state index is 6.28. The van der Waals surface area contributed by atoms with Crippen LogP contribution in [0.2, 0.25) is 0 Å². The number of guanidine groups is 2. The van der Waals surface area contributed by atoms with Crippen molar-refractivity contribution in [2.24, 2.45) is 21.5 Å². The summed E-state index contributed by atoms with van der Waals surface area (Å²) < 4.78 is 0. The van der Waals surface area contributed by atoms with Gasteiger partial charge in [-0.15, -0.1) is 0 Å². The van der Waals surface area contributed by atoms with Gasteiger partial charge in [-0.2, -0.15) is 4.99 Å². The highest BCUT2D eigenvalue weighted by molar-refractivity contribution is 6.05. The molecule has 1 fully saturated rings. The second kappa shape index (κ2) is 7.31. The predicted octanol–water partition coefficient (Wildman–Crippen LogP) is 3.41. The van der Waals surface area contributed by atoms with E-state index in [1.54, 1.807) is 0 Å². The lowest BCUT2D eigenvalue weighted by atomic mass is 9.87. The molecule has 4 rings (SSSR count). The smallest absolute Gasteiger partial charge is 0.220 e. The fourth-order valence-corrected chi connectivity index (χ4v) is 4.02. The first-order chi connectivity index (χ1) is 13.2. The second-order valence-electron chi connectivity index (χ2n) is 7.20. The maximum Gasteiger partial charge on any atom is 0.220 e. The van der Waals surface area contributed by atoms with Crippen molar-refractivity contribution >= 4 is 23.3 Å². The number of hydrogen-bond acceptors (Lipinski definition) is 6. The quantitative estimate of drug-likeness (QED) is 0.777. The molecule has 1 aliphatic heterocycles. The zero-order valence-corrected chi connectivity index (χ0v) is 15.4. The molecule has 0 radical (unpaired) electrons. The van der Waals surface area contributed by atoms with Crippen molar-refractivity contribution in [3.8, 4) is 0 Å². The summed E-state index contributed by atoms with van der Waals surface area (Å²) in [5.41, 5.74) is 15.1. The molecule has 27 heavy (non-hydrogen) atoms. The molecule has 1 aliphatic carbocycles. The number of nitrogens with one attached hydrogen (secondary N) is 1. The van der Waals surface area contributed by atoms with E-state index < -0.39 is 5.66 Å². The van der Waals surface area contributed by atoms with Crippen molar-refractivity contribution in [2.45, 2.75) is 44.3 Å².